The third-order valence-electron chi connectivity index (χ3n) is 7.84. The lowest BCUT2D eigenvalue weighted by Gasteiger charge is -2.56. The number of benzene rings is 1. The highest BCUT2D eigenvalue weighted by atomic mass is 32.1. The third kappa shape index (κ3) is 5.40. The van der Waals surface area contributed by atoms with Crippen molar-refractivity contribution in [2.24, 2.45) is 5.41 Å². The summed E-state index contributed by atoms with van der Waals surface area (Å²) in [5.41, 5.74) is 2.41. The number of nitrogens with zero attached hydrogens (tertiary/aromatic N) is 5. The first kappa shape index (κ1) is 24.6. The molecule has 10 nitrogen and oxygen atoms in total. The molecule has 11 heteroatoms. The molecule has 4 aromatic rings. The van der Waals surface area contributed by atoms with Crippen molar-refractivity contribution in [1.82, 2.24) is 25.1 Å². The monoisotopic (exact) mass is 545 g/mol. The van der Waals surface area contributed by atoms with Gasteiger partial charge in [-0.3, -0.25) is 4.90 Å². The number of rotatable bonds is 8. The second-order valence-corrected chi connectivity index (χ2v) is 11.9. The Morgan fingerprint density at radius 2 is 1.77 bits per heavy atom. The fraction of sp³-hybridized carbons (Fsp3) is 0.429. The molecule has 0 bridgehead atoms. The van der Waals surface area contributed by atoms with Gasteiger partial charge in [-0.15, -0.1) is 10.2 Å². The van der Waals surface area contributed by atoms with Crippen LogP contribution in [0.3, 0.4) is 0 Å². The van der Waals surface area contributed by atoms with E-state index >= 15 is 0 Å². The Balaban J connectivity index is 1.07. The largest absolute Gasteiger partial charge is 0.415 e. The number of nitrogens with one attached hydrogen (secondary N) is 2. The topological polar surface area (TPSA) is 121 Å². The molecule has 3 aromatic heterocycles. The fourth-order valence-electron chi connectivity index (χ4n) is 5.96. The number of anilines is 3. The van der Waals surface area contributed by atoms with Gasteiger partial charge in [-0.1, -0.05) is 29.5 Å². The van der Waals surface area contributed by atoms with Crippen LogP contribution in [-0.4, -0.2) is 68.6 Å². The molecule has 2 saturated carbocycles. The van der Waals surface area contributed by atoms with E-state index in [0.29, 0.717) is 28.4 Å². The average molecular weight is 546 g/mol. The van der Waals surface area contributed by atoms with Gasteiger partial charge in [0.2, 0.25) is 5.89 Å². The Morgan fingerprint density at radius 1 is 1.00 bits per heavy atom. The molecule has 7 rings (SSSR count). The maximum atomic E-state index is 9.75. The van der Waals surface area contributed by atoms with E-state index in [1.807, 2.05) is 30.3 Å². The number of pyridine rings is 1. The quantitative estimate of drug-likeness (QED) is 0.291. The smallest absolute Gasteiger partial charge is 0.259 e. The zero-order chi connectivity index (χ0) is 26.2. The van der Waals surface area contributed by atoms with Crippen LogP contribution in [0.5, 0.6) is 0 Å². The van der Waals surface area contributed by atoms with Gasteiger partial charge in [-0.05, 0) is 60.9 Å². The molecule has 2 aliphatic carbocycles. The van der Waals surface area contributed by atoms with Crippen molar-refractivity contribution in [1.29, 1.82) is 0 Å². The number of thiazole rings is 1. The highest BCUT2D eigenvalue weighted by molar-refractivity contribution is 7.18. The number of aliphatic hydroxyl groups is 1. The Hall–Kier alpha value is -3.38. The minimum absolute atomic E-state index is 0.114. The first-order valence-electron chi connectivity index (χ1n) is 13.5. The van der Waals surface area contributed by atoms with Crippen molar-refractivity contribution >= 4 is 28.1 Å². The van der Waals surface area contributed by atoms with Gasteiger partial charge in [0.1, 0.15) is 16.5 Å². The number of morpholine rings is 1. The minimum atomic E-state index is -0.114. The standard InChI is InChI=1S/C28H31N7O3S/c36-21-14-28(15-21)12-20(13-28)30-23-10-18(17-35-6-8-37-9-7-35)11-24(31-23)32-27-29-16-22(39-27)26-34-33-25(38-26)19-4-2-1-3-5-19/h1-5,10-11,16,20-21,36H,6-9,12-15,17H2,(H2,29,30,31,32). The summed E-state index contributed by atoms with van der Waals surface area (Å²) in [7, 11) is 0. The van der Waals surface area contributed by atoms with E-state index in [9.17, 15) is 5.11 Å². The van der Waals surface area contributed by atoms with Crippen LogP contribution in [0.1, 0.15) is 31.2 Å². The van der Waals surface area contributed by atoms with Crippen molar-refractivity contribution in [2.45, 2.75) is 44.4 Å². The van der Waals surface area contributed by atoms with Crippen LogP contribution in [0, 0.1) is 5.41 Å². The molecule has 4 heterocycles. The van der Waals surface area contributed by atoms with Crippen LogP contribution in [0.4, 0.5) is 16.8 Å². The lowest BCUT2D eigenvalue weighted by molar-refractivity contribution is -0.0868. The molecule has 0 amide bonds. The van der Waals surface area contributed by atoms with Crippen molar-refractivity contribution in [3.8, 4) is 22.2 Å². The molecule has 3 N–H and O–H groups in total. The lowest BCUT2D eigenvalue weighted by atomic mass is 9.53. The summed E-state index contributed by atoms with van der Waals surface area (Å²) in [6.07, 6.45) is 5.67. The zero-order valence-electron chi connectivity index (χ0n) is 21.5. The lowest BCUT2D eigenvalue weighted by Crippen LogP contribution is -2.54. The maximum absolute atomic E-state index is 9.75. The highest BCUT2D eigenvalue weighted by Crippen LogP contribution is 2.56. The van der Waals surface area contributed by atoms with E-state index in [1.165, 1.54) is 16.9 Å². The van der Waals surface area contributed by atoms with Crippen LogP contribution in [0.25, 0.3) is 22.2 Å². The van der Waals surface area contributed by atoms with Crippen LogP contribution >= 0.6 is 11.3 Å². The first-order valence-corrected chi connectivity index (χ1v) is 14.3. The van der Waals surface area contributed by atoms with Crippen molar-refractivity contribution in [3.63, 3.8) is 0 Å². The molecular weight excluding hydrogens is 514 g/mol. The molecule has 1 aliphatic heterocycles. The number of hydrogen-bond donors (Lipinski definition) is 3. The van der Waals surface area contributed by atoms with E-state index in [1.54, 1.807) is 6.20 Å². The first-order chi connectivity index (χ1) is 19.1. The summed E-state index contributed by atoms with van der Waals surface area (Å²) < 4.78 is 11.4. The molecule has 0 unspecified atom stereocenters. The van der Waals surface area contributed by atoms with Gasteiger partial charge >= 0.3 is 0 Å². The van der Waals surface area contributed by atoms with Gasteiger partial charge in [-0.25, -0.2) is 9.97 Å². The molecule has 1 spiro atoms. The zero-order valence-corrected chi connectivity index (χ0v) is 22.4. The summed E-state index contributed by atoms with van der Waals surface area (Å²) in [6, 6.07) is 14.4. The number of hydrogen-bond acceptors (Lipinski definition) is 11. The summed E-state index contributed by atoms with van der Waals surface area (Å²) >= 11 is 1.45. The summed E-state index contributed by atoms with van der Waals surface area (Å²) in [4.78, 5) is 12.6. The molecule has 3 aliphatic rings. The Bertz CT molecular complexity index is 1420. The van der Waals surface area contributed by atoms with Crippen molar-refractivity contribution in [2.75, 3.05) is 36.9 Å². The minimum Gasteiger partial charge on any atom is -0.415 e. The number of aromatic nitrogens is 4. The maximum Gasteiger partial charge on any atom is 0.259 e. The molecule has 0 atom stereocenters. The highest BCUT2D eigenvalue weighted by Gasteiger charge is 2.52. The van der Waals surface area contributed by atoms with Gasteiger partial charge in [0, 0.05) is 31.2 Å². The Labute approximate surface area is 230 Å². The predicted octanol–water partition coefficient (Wildman–Crippen LogP) is 4.55. The molecule has 1 aromatic carbocycles. The molecule has 1 saturated heterocycles. The van der Waals surface area contributed by atoms with E-state index in [4.69, 9.17) is 14.1 Å². The number of ether oxygens (including phenoxy) is 1. The molecule has 202 valence electrons. The fourth-order valence-corrected chi connectivity index (χ4v) is 6.71. The van der Waals surface area contributed by atoms with Crippen LogP contribution < -0.4 is 10.6 Å². The predicted molar refractivity (Wildman–Crippen MR) is 149 cm³/mol. The van der Waals surface area contributed by atoms with E-state index < -0.39 is 0 Å². The molecular formula is C28H31N7O3S. The van der Waals surface area contributed by atoms with Crippen molar-refractivity contribution in [3.05, 3.63) is 54.2 Å². The van der Waals surface area contributed by atoms with Gasteiger partial charge in [0.15, 0.2) is 5.13 Å². The summed E-state index contributed by atoms with van der Waals surface area (Å²) in [6.45, 7) is 4.21. The van der Waals surface area contributed by atoms with Gasteiger partial charge < -0.3 is 24.9 Å². The second-order valence-electron chi connectivity index (χ2n) is 10.9. The Kier molecular flexibility index (Phi) is 6.51. The van der Waals surface area contributed by atoms with Crippen LogP contribution in [0.2, 0.25) is 0 Å². The molecule has 0 radical (unpaired) electrons. The van der Waals surface area contributed by atoms with E-state index in [2.05, 4.69) is 42.8 Å². The number of aliphatic hydroxyl groups excluding tert-OH is 1. The van der Waals surface area contributed by atoms with Gasteiger partial charge in [0.05, 0.1) is 25.5 Å². The SMILES string of the molecule is OC1CC2(C1)CC(Nc1cc(CN3CCOCC3)cc(Nc3ncc(-c4nnc(-c5ccccc5)o4)s3)n1)C2. The molecule has 39 heavy (non-hydrogen) atoms. The Morgan fingerprint density at radius 3 is 2.56 bits per heavy atom. The van der Waals surface area contributed by atoms with E-state index in [0.717, 1.165) is 80.6 Å². The average Bonchev–Trinajstić information content (AvgIpc) is 3.58. The van der Waals surface area contributed by atoms with Crippen LogP contribution in [0.15, 0.2) is 53.1 Å². The summed E-state index contributed by atoms with van der Waals surface area (Å²) in [5, 5.41) is 25.9. The van der Waals surface area contributed by atoms with Gasteiger partial charge in [-0.2, -0.15) is 0 Å². The second kappa shape index (κ2) is 10.3. The van der Waals surface area contributed by atoms with Gasteiger partial charge in [0.25, 0.3) is 5.89 Å². The third-order valence-corrected chi connectivity index (χ3v) is 8.74. The van der Waals surface area contributed by atoms with Crippen LogP contribution in [-0.2, 0) is 11.3 Å². The molecule has 3 fully saturated rings. The summed E-state index contributed by atoms with van der Waals surface area (Å²) in [5.74, 6) is 2.53. The normalized spacial score (nSPS) is 24.7. The van der Waals surface area contributed by atoms with Crippen molar-refractivity contribution < 1.29 is 14.3 Å². The van der Waals surface area contributed by atoms with E-state index in [-0.39, 0.29) is 6.10 Å².